The van der Waals surface area contributed by atoms with Crippen molar-refractivity contribution in [1.29, 1.82) is 5.41 Å². The molecule has 7 N–H and O–H groups in total. The molecule has 0 saturated carbocycles. The Hall–Kier alpha value is -2.05. The number of hydrogen-bond donors (Lipinski definition) is 5. The van der Waals surface area contributed by atoms with Crippen molar-refractivity contribution in [3.8, 4) is 0 Å². The van der Waals surface area contributed by atoms with Gasteiger partial charge in [-0.15, -0.1) is 0 Å². The van der Waals surface area contributed by atoms with E-state index in [4.69, 9.17) is 15.6 Å². The van der Waals surface area contributed by atoms with Gasteiger partial charge in [-0.25, -0.2) is 4.79 Å². The van der Waals surface area contributed by atoms with Crippen LogP contribution >= 0.6 is 0 Å². The van der Waals surface area contributed by atoms with E-state index in [1.165, 1.54) is 0 Å². The summed E-state index contributed by atoms with van der Waals surface area (Å²) in [5, 5.41) is 22.1. The summed E-state index contributed by atoms with van der Waals surface area (Å²) >= 11 is 0. The Morgan fingerprint density at radius 3 is 1.69 bits per heavy atom. The molecule has 0 atom stereocenters. The van der Waals surface area contributed by atoms with Crippen molar-refractivity contribution >= 4 is 17.9 Å². The van der Waals surface area contributed by atoms with E-state index in [0.29, 0.717) is 0 Å². The fourth-order valence-electron chi connectivity index (χ4n) is 0.258. The molecule has 0 aromatic carbocycles. The highest BCUT2D eigenvalue weighted by Crippen LogP contribution is 1.95. The number of nitrogens with one attached hydrogen (secondary N) is 1. The lowest BCUT2D eigenvalue weighted by molar-refractivity contribution is -0.139. The zero-order chi connectivity index (χ0) is 11.0. The number of carbonyl (C=O) groups is 2. The molecule has 0 unspecified atom stereocenters. The van der Waals surface area contributed by atoms with Crippen molar-refractivity contribution in [2.24, 2.45) is 11.5 Å². The molecular formula is C6H11N3O4. The van der Waals surface area contributed by atoms with Crippen LogP contribution in [0.1, 0.15) is 6.42 Å². The van der Waals surface area contributed by atoms with Crippen molar-refractivity contribution in [2.45, 2.75) is 6.42 Å². The molecule has 7 heteroatoms. The third-order valence-corrected chi connectivity index (χ3v) is 0.667. The lowest BCUT2D eigenvalue weighted by atomic mass is 10.2. The van der Waals surface area contributed by atoms with E-state index in [2.05, 4.69) is 18.0 Å². The molecule has 0 rings (SSSR count). The van der Waals surface area contributed by atoms with Gasteiger partial charge in [-0.3, -0.25) is 10.2 Å². The predicted octanol–water partition coefficient (Wildman–Crippen LogP) is -1.06. The van der Waals surface area contributed by atoms with Gasteiger partial charge in [0.15, 0.2) is 5.96 Å². The first-order valence-corrected chi connectivity index (χ1v) is 2.99. The Kier molecular flexibility index (Phi) is 6.92. The Bertz CT molecular complexity index is 232. The van der Waals surface area contributed by atoms with Crippen molar-refractivity contribution in [2.75, 3.05) is 0 Å². The maximum atomic E-state index is 9.87. The van der Waals surface area contributed by atoms with Crippen LogP contribution in [0.25, 0.3) is 0 Å². The van der Waals surface area contributed by atoms with E-state index in [1.54, 1.807) is 0 Å². The summed E-state index contributed by atoms with van der Waals surface area (Å²) in [4.78, 5) is 19.7. The summed E-state index contributed by atoms with van der Waals surface area (Å²) in [5.74, 6) is -2.78. The molecule has 0 bridgehead atoms. The monoisotopic (exact) mass is 189 g/mol. The fraction of sp³-hybridized carbons (Fsp3) is 0.167. The predicted molar refractivity (Wildman–Crippen MR) is 45.1 cm³/mol. The molecule has 13 heavy (non-hydrogen) atoms. The number of carboxylic acid groups (broad SMARTS) is 2. The second kappa shape index (κ2) is 6.65. The maximum absolute atomic E-state index is 9.87. The van der Waals surface area contributed by atoms with Gasteiger partial charge < -0.3 is 21.7 Å². The lowest BCUT2D eigenvalue weighted by Crippen LogP contribution is -2.20. The van der Waals surface area contributed by atoms with Gasteiger partial charge in [0.2, 0.25) is 0 Å². The molecule has 0 aromatic rings. The maximum Gasteiger partial charge on any atom is 0.331 e. The Morgan fingerprint density at radius 1 is 1.31 bits per heavy atom. The second-order valence-corrected chi connectivity index (χ2v) is 1.93. The van der Waals surface area contributed by atoms with E-state index in [1.807, 2.05) is 0 Å². The van der Waals surface area contributed by atoms with Gasteiger partial charge in [0.1, 0.15) is 0 Å². The van der Waals surface area contributed by atoms with Gasteiger partial charge in [-0.1, -0.05) is 6.58 Å². The molecule has 0 aliphatic carbocycles. The van der Waals surface area contributed by atoms with Crippen molar-refractivity contribution in [3.05, 3.63) is 12.2 Å². The number of hydrogen-bond acceptors (Lipinski definition) is 3. The Balaban J connectivity index is 0. The van der Waals surface area contributed by atoms with Crippen molar-refractivity contribution < 1.29 is 19.8 Å². The van der Waals surface area contributed by atoms with Crippen LogP contribution in [0.2, 0.25) is 0 Å². The number of carboxylic acids is 2. The normalized spacial score (nSPS) is 7.69. The molecule has 0 heterocycles. The van der Waals surface area contributed by atoms with Gasteiger partial charge in [0.05, 0.1) is 6.42 Å². The first-order chi connectivity index (χ1) is 5.77. The number of rotatable bonds is 3. The summed E-state index contributed by atoms with van der Waals surface area (Å²) in [5.41, 5.74) is 8.64. The van der Waals surface area contributed by atoms with E-state index in [0.717, 1.165) is 0 Å². The molecule has 0 amide bonds. The van der Waals surface area contributed by atoms with E-state index >= 15 is 0 Å². The molecule has 0 aliphatic heterocycles. The summed E-state index contributed by atoms with van der Waals surface area (Å²) in [6.07, 6.45) is -0.505. The van der Waals surface area contributed by atoms with Crippen LogP contribution in [-0.2, 0) is 9.59 Å². The summed E-state index contributed by atoms with van der Waals surface area (Å²) < 4.78 is 0. The van der Waals surface area contributed by atoms with E-state index in [-0.39, 0.29) is 11.5 Å². The minimum absolute atomic E-state index is 0.303. The summed E-state index contributed by atoms with van der Waals surface area (Å²) in [6.45, 7) is 3.01. The fourth-order valence-corrected chi connectivity index (χ4v) is 0.258. The van der Waals surface area contributed by atoms with Crippen LogP contribution in [0.5, 0.6) is 0 Å². The molecule has 0 aromatic heterocycles. The first-order valence-electron chi connectivity index (χ1n) is 2.99. The molecule has 0 spiro atoms. The largest absolute Gasteiger partial charge is 0.481 e. The van der Waals surface area contributed by atoms with E-state index in [9.17, 15) is 9.59 Å². The van der Waals surface area contributed by atoms with Crippen LogP contribution in [0.3, 0.4) is 0 Å². The number of guanidine groups is 1. The summed E-state index contributed by atoms with van der Waals surface area (Å²) in [6, 6.07) is 0. The zero-order valence-electron chi connectivity index (χ0n) is 6.78. The third-order valence-electron chi connectivity index (χ3n) is 0.667. The van der Waals surface area contributed by atoms with Gasteiger partial charge in [0, 0.05) is 5.57 Å². The highest BCUT2D eigenvalue weighted by Gasteiger charge is 2.07. The number of aliphatic carboxylic acids is 2. The standard InChI is InChI=1S/C5H6O4.CH5N3/c1-3(5(8)9)2-4(6)7;2-1(3)4/h1-2H2,(H,6,7)(H,8,9);(H5,2,3,4). The minimum atomic E-state index is -1.27. The lowest BCUT2D eigenvalue weighted by Gasteiger charge is -1.91. The van der Waals surface area contributed by atoms with Crippen LogP contribution < -0.4 is 11.5 Å². The second-order valence-electron chi connectivity index (χ2n) is 1.93. The average Bonchev–Trinajstić information content (AvgIpc) is 1.83. The minimum Gasteiger partial charge on any atom is -0.481 e. The molecule has 0 aliphatic rings. The molecule has 0 radical (unpaired) electrons. The smallest absolute Gasteiger partial charge is 0.331 e. The molecule has 7 nitrogen and oxygen atoms in total. The average molecular weight is 189 g/mol. The quantitative estimate of drug-likeness (QED) is 0.217. The van der Waals surface area contributed by atoms with Gasteiger partial charge in [0.25, 0.3) is 0 Å². The van der Waals surface area contributed by atoms with Crippen LogP contribution in [0, 0.1) is 5.41 Å². The van der Waals surface area contributed by atoms with E-state index < -0.39 is 18.4 Å². The SMILES string of the molecule is C=C(CC(=O)O)C(=O)O.N=C(N)N. The van der Waals surface area contributed by atoms with Crippen LogP contribution in [-0.4, -0.2) is 28.1 Å². The van der Waals surface area contributed by atoms with Gasteiger partial charge >= 0.3 is 11.9 Å². The summed E-state index contributed by atoms with van der Waals surface area (Å²) in [7, 11) is 0. The topological polar surface area (TPSA) is 150 Å². The first kappa shape index (κ1) is 13.5. The molecular weight excluding hydrogens is 178 g/mol. The number of nitrogens with two attached hydrogens (primary N) is 2. The Morgan fingerprint density at radius 2 is 1.62 bits per heavy atom. The molecule has 74 valence electrons. The van der Waals surface area contributed by atoms with Gasteiger partial charge in [-0.05, 0) is 0 Å². The molecule has 0 fully saturated rings. The van der Waals surface area contributed by atoms with Gasteiger partial charge in [-0.2, -0.15) is 0 Å². The van der Waals surface area contributed by atoms with Crippen LogP contribution in [0.15, 0.2) is 12.2 Å². The van der Waals surface area contributed by atoms with Crippen molar-refractivity contribution in [1.82, 2.24) is 0 Å². The zero-order valence-corrected chi connectivity index (χ0v) is 6.78. The van der Waals surface area contributed by atoms with Crippen molar-refractivity contribution in [3.63, 3.8) is 0 Å². The third kappa shape index (κ3) is 17.8. The molecule has 0 saturated heterocycles. The highest BCUT2D eigenvalue weighted by atomic mass is 16.4. The Labute approximate surface area is 74.2 Å². The highest BCUT2D eigenvalue weighted by molar-refractivity contribution is 5.91. The van der Waals surface area contributed by atoms with Crippen LogP contribution in [0.4, 0.5) is 0 Å².